The van der Waals surface area contributed by atoms with Crippen molar-refractivity contribution in [1.82, 2.24) is 15.1 Å². The molecule has 22 heavy (non-hydrogen) atoms. The summed E-state index contributed by atoms with van der Waals surface area (Å²) in [7, 11) is 2.14. The van der Waals surface area contributed by atoms with E-state index in [9.17, 15) is 4.79 Å². The van der Waals surface area contributed by atoms with E-state index in [2.05, 4.69) is 32.4 Å². The van der Waals surface area contributed by atoms with E-state index in [1.54, 1.807) is 18.3 Å². The molecule has 0 spiro atoms. The van der Waals surface area contributed by atoms with Gasteiger partial charge in [-0.05, 0) is 43.4 Å². The van der Waals surface area contributed by atoms with Gasteiger partial charge < -0.3 is 15.1 Å². The number of aromatic nitrogens is 2. The number of hydrogen-bond donors (Lipinski definition) is 1. The summed E-state index contributed by atoms with van der Waals surface area (Å²) in [4.78, 5) is 16.7. The maximum absolute atomic E-state index is 12.0. The van der Waals surface area contributed by atoms with Gasteiger partial charge in [0, 0.05) is 43.8 Å². The van der Waals surface area contributed by atoms with Crippen LogP contribution in [0.3, 0.4) is 0 Å². The lowest BCUT2D eigenvalue weighted by atomic mass is 10.2. The Morgan fingerprint density at radius 1 is 1.09 bits per heavy atom. The molecule has 0 aliphatic carbocycles. The van der Waals surface area contributed by atoms with Gasteiger partial charge in [-0.25, -0.2) is 0 Å². The number of amides is 1. The monoisotopic (exact) mass is 297 g/mol. The molecule has 114 valence electrons. The number of carbonyl (C=O) groups excluding carboxylic acids is 1. The van der Waals surface area contributed by atoms with Gasteiger partial charge in [0.25, 0.3) is 5.91 Å². The molecule has 1 aliphatic rings. The Morgan fingerprint density at radius 3 is 2.45 bits per heavy atom. The fraction of sp³-hybridized carbons (Fsp3) is 0.312. The number of carbonyl (C=O) groups is 1. The number of hydrogen-bond acceptors (Lipinski definition) is 5. The van der Waals surface area contributed by atoms with Crippen molar-refractivity contribution in [2.75, 3.05) is 43.4 Å². The zero-order chi connectivity index (χ0) is 15.4. The molecule has 6 nitrogen and oxygen atoms in total. The van der Waals surface area contributed by atoms with Gasteiger partial charge in [-0.15, -0.1) is 5.10 Å². The Bertz CT molecular complexity index is 621. The smallest absolute Gasteiger partial charge is 0.276 e. The molecule has 1 N–H and O–H groups in total. The normalized spacial score (nSPS) is 15.6. The third kappa shape index (κ3) is 3.40. The van der Waals surface area contributed by atoms with E-state index in [0.717, 1.165) is 31.9 Å². The van der Waals surface area contributed by atoms with Crippen molar-refractivity contribution in [3.05, 3.63) is 48.3 Å². The summed E-state index contributed by atoms with van der Waals surface area (Å²) in [6, 6.07) is 11.2. The zero-order valence-electron chi connectivity index (χ0n) is 12.6. The van der Waals surface area contributed by atoms with Gasteiger partial charge in [0.15, 0.2) is 5.69 Å². The molecule has 1 fully saturated rings. The summed E-state index contributed by atoms with van der Waals surface area (Å²) in [6.45, 7) is 4.21. The molecule has 2 heterocycles. The second kappa shape index (κ2) is 6.53. The summed E-state index contributed by atoms with van der Waals surface area (Å²) in [6.07, 6.45) is 1.54. The first kappa shape index (κ1) is 14.5. The highest BCUT2D eigenvalue weighted by molar-refractivity contribution is 6.02. The van der Waals surface area contributed by atoms with Crippen LogP contribution in [0, 0.1) is 0 Å². The third-order valence-electron chi connectivity index (χ3n) is 3.80. The minimum atomic E-state index is -0.250. The lowest BCUT2D eigenvalue weighted by Crippen LogP contribution is -2.44. The average molecular weight is 297 g/mol. The van der Waals surface area contributed by atoms with Crippen molar-refractivity contribution in [1.29, 1.82) is 0 Å². The number of likely N-dealkylation sites (N-methyl/N-ethyl adjacent to an activating group) is 1. The van der Waals surface area contributed by atoms with Crippen LogP contribution >= 0.6 is 0 Å². The van der Waals surface area contributed by atoms with Gasteiger partial charge in [-0.3, -0.25) is 4.79 Å². The number of piperazine rings is 1. The average Bonchev–Trinajstić information content (AvgIpc) is 2.57. The molecule has 0 saturated carbocycles. The Kier molecular flexibility index (Phi) is 4.29. The highest BCUT2D eigenvalue weighted by Gasteiger charge is 2.14. The Morgan fingerprint density at radius 2 is 1.82 bits per heavy atom. The molecule has 1 saturated heterocycles. The molecule has 1 aliphatic heterocycles. The minimum absolute atomic E-state index is 0.250. The molecular weight excluding hydrogens is 278 g/mol. The van der Waals surface area contributed by atoms with E-state index in [4.69, 9.17) is 0 Å². The van der Waals surface area contributed by atoms with Crippen molar-refractivity contribution >= 4 is 17.3 Å². The van der Waals surface area contributed by atoms with Gasteiger partial charge in [0.2, 0.25) is 0 Å². The summed E-state index contributed by atoms with van der Waals surface area (Å²) in [5.41, 5.74) is 2.25. The van der Waals surface area contributed by atoms with E-state index in [-0.39, 0.29) is 5.91 Å². The zero-order valence-corrected chi connectivity index (χ0v) is 12.6. The van der Waals surface area contributed by atoms with Crippen molar-refractivity contribution in [3.8, 4) is 0 Å². The van der Waals surface area contributed by atoms with Crippen LogP contribution in [0.2, 0.25) is 0 Å². The Hall–Kier alpha value is -2.47. The van der Waals surface area contributed by atoms with Crippen LogP contribution in [0.15, 0.2) is 42.6 Å². The fourth-order valence-corrected chi connectivity index (χ4v) is 2.44. The van der Waals surface area contributed by atoms with Crippen molar-refractivity contribution < 1.29 is 4.79 Å². The highest BCUT2D eigenvalue weighted by atomic mass is 16.1. The molecule has 1 aromatic carbocycles. The number of anilines is 2. The SMILES string of the molecule is CN1CCN(c2ccc(NC(=O)c3cccnn3)cc2)CC1. The van der Waals surface area contributed by atoms with Crippen LogP contribution in [0.25, 0.3) is 0 Å². The summed E-state index contributed by atoms with van der Waals surface area (Å²) >= 11 is 0. The first-order valence-electron chi connectivity index (χ1n) is 7.35. The maximum atomic E-state index is 12.0. The van der Waals surface area contributed by atoms with E-state index in [1.807, 2.05) is 24.3 Å². The van der Waals surface area contributed by atoms with E-state index < -0.39 is 0 Å². The molecular formula is C16H19N5O. The topological polar surface area (TPSA) is 61.4 Å². The van der Waals surface area contributed by atoms with Gasteiger partial charge in [0.1, 0.15) is 0 Å². The summed E-state index contributed by atoms with van der Waals surface area (Å²) < 4.78 is 0. The first-order valence-corrected chi connectivity index (χ1v) is 7.35. The van der Waals surface area contributed by atoms with Gasteiger partial charge >= 0.3 is 0 Å². The van der Waals surface area contributed by atoms with E-state index in [1.165, 1.54) is 5.69 Å². The van der Waals surface area contributed by atoms with Crippen molar-refractivity contribution in [2.45, 2.75) is 0 Å². The lowest BCUT2D eigenvalue weighted by molar-refractivity contribution is 0.102. The number of nitrogens with one attached hydrogen (secondary N) is 1. The fourth-order valence-electron chi connectivity index (χ4n) is 2.44. The van der Waals surface area contributed by atoms with Crippen LogP contribution in [0.5, 0.6) is 0 Å². The molecule has 0 bridgehead atoms. The van der Waals surface area contributed by atoms with Gasteiger partial charge in [0.05, 0.1) is 0 Å². The van der Waals surface area contributed by atoms with Crippen LogP contribution in [-0.2, 0) is 0 Å². The molecule has 3 rings (SSSR count). The van der Waals surface area contributed by atoms with Crippen molar-refractivity contribution in [3.63, 3.8) is 0 Å². The standard InChI is InChI=1S/C16H19N5O/c1-20-9-11-21(12-10-20)14-6-4-13(5-7-14)18-16(22)15-3-2-8-17-19-15/h2-8H,9-12H2,1H3,(H,18,22). The maximum Gasteiger partial charge on any atom is 0.276 e. The number of benzene rings is 1. The van der Waals surface area contributed by atoms with E-state index >= 15 is 0 Å². The second-order valence-corrected chi connectivity index (χ2v) is 5.40. The Labute approximate surface area is 129 Å². The second-order valence-electron chi connectivity index (χ2n) is 5.40. The molecule has 1 amide bonds. The minimum Gasteiger partial charge on any atom is -0.369 e. The van der Waals surface area contributed by atoms with Gasteiger partial charge in [-0.1, -0.05) is 0 Å². The molecule has 2 aromatic rings. The molecule has 0 radical (unpaired) electrons. The number of nitrogens with zero attached hydrogens (tertiary/aromatic N) is 4. The Balaban J connectivity index is 1.63. The molecule has 1 aromatic heterocycles. The van der Waals surface area contributed by atoms with Crippen LogP contribution in [-0.4, -0.2) is 54.2 Å². The predicted molar refractivity (Wildman–Crippen MR) is 86.1 cm³/mol. The third-order valence-corrected chi connectivity index (χ3v) is 3.80. The molecule has 0 unspecified atom stereocenters. The predicted octanol–water partition coefficient (Wildman–Crippen LogP) is 1.48. The van der Waals surface area contributed by atoms with Crippen LogP contribution in [0.1, 0.15) is 10.5 Å². The molecule has 6 heteroatoms. The van der Waals surface area contributed by atoms with Crippen molar-refractivity contribution in [2.24, 2.45) is 0 Å². The van der Waals surface area contributed by atoms with Crippen LogP contribution < -0.4 is 10.2 Å². The summed E-state index contributed by atoms with van der Waals surface area (Å²) in [5, 5.41) is 10.3. The molecule has 0 atom stereocenters. The van der Waals surface area contributed by atoms with E-state index in [0.29, 0.717) is 5.69 Å². The largest absolute Gasteiger partial charge is 0.369 e. The van der Waals surface area contributed by atoms with Crippen LogP contribution in [0.4, 0.5) is 11.4 Å². The first-order chi connectivity index (χ1) is 10.7. The quantitative estimate of drug-likeness (QED) is 0.930. The lowest BCUT2D eigenvalue weighted by Gasteiger charge is -2.34. The van der Waals surface area contributed by atoms with Gasteiger partial charge in [-0.2, -0.15) is 5.10 Å². The summed E-state index contributed by atoms with van der Waals surface area (Å²) in [5.74, 6) is -0.250. The number of rotatable bonds is 3. The highest BCUT2D eigenvalue weighted by Crippen LogP contribution is 2.19.